The van der Waals surface area contributed by atoms with Crippen LogP contribution in [0.3, 0.4) is 0 Å². The zero-order chi connectivity index (χ0) is 18.9. The fourth-order valence-electron chi connectivity index (χ4n) is 3.10. The number of likely N-dealkylation sites (tertiary alicyclic amines) is 1. The van der Waals surface area contributed by atoms with Crippen molar-refractivity contribution in [1.82, 2.24) is 9.88 Å². The number of carbonyl (C=O) groups excluding carboxylic acids is 2. The number of nitrogens with zero attached hydrogens (tertiary/aromatic N) is 2. The average molecular weight is 378 g/mol. The largest absolute Gasteiger partial charge is 0.444 e. The molecule has 5 nitrogen and oxygen atoms in total. The molecule has 1 fully saturated rings. The lowest BCUT2D eigenvalue weighted by Gasteiger charge is -2.35. The summed E-state index contributed by atoms with van der Waals surface area (Å²) in [7, 11) is 0. The van der Waals surface area contributed by atoms with Crippen LogP contribution in [-0.2, 0) is 16.0 Å². The van der Waals surface area contributed by atoms with Crippen molar-refractivity contribution in [1.29, 1.82) is 0 Å². The molecule has 1 amide bonds. The highest BCUT2D eigenvalue weighted by Gasteiger charge is 2.34. The Morgan fingerprint density at radius 1 is 1.35 bits per heavy atom. The highest BCUT2D eigenvalue weighted by molar-refractivity contribution is 7.18. The van der Waals surface area contributed by atoms with Crippen molar-refractivity contribution in [2.45, 2.75) is 58.1 Å². The average Bonchev–Trinajstić information content (AvgIpc) is 2.94. The number of halogens is 1. The summed E-state index contributed by atoms with van der Waals surface area (Å²) in [6.45, 7) is 5.96. The van der Waals surface area contributed by atoms with E-state index < -0.39 is 17.7 Å². The SMILES string of the molecule is CC(C)(C)OC(=O)N1CCCC[C@H]1C(=O)Cc1nc2cc(F)ccc2s1. The number of benzene rings is 1. The zero-order valence-corrected chi connectivity index (χ0v) is 16.1. The van der Waals surface area contributed by atoms with Gasteiger partial charge < -0.3 is 4.74 Å². The van der Waals surface area contributed by atoms with Crippen LogP contribution >= 0.6 is 11.3 Å². The maximum atomic E-state index is 13.3. The second-order valence-electron chi connectivity index (χ2n) is 7.55. The number of ketones is 1. The number of hydrogen-bond acceptors (Lipinski definition) is 5. The molecule has 0 aliphatic carbocycles. The van der Waals surface area contributed by atoms with E-state index in [1.807, 2.05) is 20.8 Å². The van der Waals surface area contributed by atoms with Crippen molar-refractivity contribution in [2.24, 2.45) is 0 Å². The maximum absolute atomic E-state index is 13.3. The van der Waals surface area contributed by atoms with Crippen LogP contribution in [0, 0.1) is 5.82 Å². The van der Waals surface area contributed by atoms with Crippen LogP contribution in [0.4, 0.5) is 9.18 Å². The van der Waals surface area contributed by atoms with Gasteiger partial charge >= 0.3 is 6.09 Å². The molecule has 140 valence electrons. The molecule has 0 unspecified atom stereocenters. The molecule has 0 spiro atoms. The van der Waals surface area contributed by atoms with Gasteiger partial charge in [-0.05, 0) is 52.2 Å². The van der Waals surface area contributed by atoms with E-state index in [2.05, 4.69) is 4.98 Å². The minimum Gasteiger partial charge on any atom is -0.444 e. The lowest BCUT2D eigenvalue weighted by molar-refractivity contribution is -0.124. The van der Waals surface area contributed by atoms with Gasteiger partial charge in [-0.15, -0.1) is 11.3 Å². The molecule has 7 heteroatoms. The van der Waals surface area contributed by atoms with E-state index in [0.717, 1.165) is 17.5 Å². The van der Waals surface area contributed by atoms with E-state index in [1.165, 1.54) is 23.5 Å². The molecule has 1 aliphatic rings. The van der Waals surface area contributed by atoms with Crippen LogP contribution in [0.1, 0.15) is 45.0 Å². The summed E-state index contributed by atoms with van der Waals surface area (Å²) in [5.41, 5.74) is -0.0374. The molecular weight excluding hydrogens is 355 g/mol. The van der Waals surface area contributed by atoms with Crippen LogP contribution in [0.5, 0.6) is 0 Å². The van der Waals surface area contributed by atoms with E-state index in [-0.39, 0.29) is 18.0 Å². The van der Waals surface area contributed by atoms with Crippen molar-refractivity contribution in [3.63, 3.8) is 0 Å². The number of ether oxygens (including phenoxy) is 1. The van der Waals surface area contributed by atoms with Gasteiger partial charge in [0.1, 0.15) is 16.4 Å². The zero-order valence-electron chi connectivity index (χ0n) is 15.3. The smallest absolute Gasteiger partial charge is 0.410 e. The van der Waals surface area contributed by atoms with E-state index in [1.54, 1.807) is 11.0 Å². The molecule has 1 saturated heterocycles. The van der Waals surface area contributed by atoms with Crippen molar-refractivity contribution in [3.8, 4) is 0 Å². The molecule has 1 aromatic heterocycles. The van der Waals surface area contributed by atoms with Crippen LogP contribution in [0.25, 0.3) is 10.2 Å². The first-order valence-electron chi connectivity index (χ1n) is 8.80. The first kappa shape index (κ1) is 18.8. The molecule has 0 saturated carbocycles. The summed E-state index contributed by atoms with van der Waals surface area (Å²) >= 11 is 1.38. The first-order chi connectivity index (χ1) is 12.2. The number of thiazole rings is 1. The molecule has 0 bridgehead atoms. The van der Waals surface area contributed by atoms with Crippen molar-refractivity contribution >= 4 is 33.4 Å². The van der Waals surface area contributed by atoms with Crippen LogP contribution in [0.15, 0.2) is 18.2 Å². The molecule has 1 atom stereocenters. The van der Waals surface area contributed by atoms with Gasteiger partial charge in [-0.1, -0.05) is 0 Å². The van der Waals surface area contributed by atoms with Crippen molar-refractivity contribution in [3.05, 3.63) is 29.0 Å². The predicted molar refractivity (Wildman–Crippen MR) is 98.9 cm³/mol. The van der Waals surface area contributed by atoms with Crippen molar-refractivity contribution in [2.75, 3.05) is 6.54 Å². The van der Waals surface area contributed by atoms with Gasteiger partial charge in [-0.25, -0.2) is 14.2 Å². The van der Waals surface area contributed by atoms with Crippen LogP contribution in [-0.4, -0.2) is 39.9 Å². The molecule has 1 aliphatic heterocycles. The minimum atomic E-state index is -0.598. The van der Waals surface area contributed by atoms with Gasteiger partial charge in [0.25, 0.3) is 0 Å². The fraction of sp³-hybridized carbons (Fsp3) is 0.526. The third kappa shape index (κ3) is 4.38. The van der Waals surface area contributed by atoms with Gasteiger partial charge in [0.2, 0.25) is 0 Å². The minimum absolute atomic E-state index is 0.0462. The maximum Gasteiger partial charge on any atom is 0.410 e. The summed E-state index contributed by atoms with van der Waals surface area (Å²) in [5, 5.41) is 0.644. The fourth-order valence-corrected chi connectivity index (χ4v) is 4.05. The molecule has 26 heavy (non-hydrogen) atoms. The van der Waals surface area contributed by atoms with Gasteiger partial charge in [-0.2, -0.15) is 0 Å². The number of amides is 1. The first-order valence-corrected chi connectivity index (χ1v) is 9.62. The molecule has 0 radical (unpaired) electrons. The number of hydrogen-bond donors (Lipinski definition) is 0. The Hall–Kier alpha value is -2.02. The quantitative estimate of drug-likeness (QED) is 0.797. The number of rotatable bonds is 3. The predicted octanol–water partition coefficient (Wildman–Crippen LogP) is 4.34. The van der Waals surface area contributed by atoms with Crippen LogP contribution in [0.2, 0.25) is 0 Å². The topological polar surface area (TPSA) is 59.5 Å². The number of fused-ring (bicyclic) bond motifs is 1. The second kappa shape index (κ2) is 7.31. The monoisotopic (exact) mass is 378 g/mol. The standard InChI is InChI=1S/C19H23FN2O3S/c1-19(2,3)25-18(24)22-9-5-4-6-14(22)15(23)11-17-21-13-10-12(20)7-8-16(13)26-17/h7-8,10,14H,4-6,9,11H2,1-3H3/t14-/m0/s1. The summed E-state index contributed by atoms with van der Waals surface area (Å²) in [6, 6.07) is 3.94. The molecule has 1 aromatic carbocycles. The lowest BCUT2D eigenvalue weighted by Crippen LogP contribution is -2.50. The van der Waals surface area contributed by atoms with E-state index in [4.69, 9.17) is 4.74 Å². The molecule has 2 heterocycles. The van der Waals surface area contributed by atoms with Gasteiger partial charge in [0.15, 0.2) is 5.78 Å². The van der Waals surface area contributed by atoms with Gasteiger partial charge in [0.05, 0.1) is 22.7 Å². The third-order valence-electron chi connectivity index (χ3n) is 4.22. The number of Topliss-reactive ketones (excluding diaryl/α,β-unsaturated/α-hetero) is 1. The highest BCUT2D eigenvalue weighted by atomic mass is 32.1. The van der Waals surface area contributed by atoms with Crippen molar-refractivity contribution < 1.29 is 18.7 Å². The Balaban J connectivity index is 1.74. The molecule has 0 N–H and O–H groups in total. The highest BCUT2D eigenvalue weighted by Crippen LogP contribution is 2.26. The summed E-state index contributed by atoms with van der Waals surface area (Å²) < 4.78 is 19.6. The Morgan fingerprint density at radius 2 is 2.12 bits per heavy atom. The number of piperidine rings is 1. The Labute approximate surface area is 156 Å². The number of aromatic nitrogens is 1. The van der Waals surface area contributed by atoms with E-state index >= 15 is 0 Å². The van der Waals surface area contributed by atoms with Gasteiger partial charge in [-0.3, -0.25) is 9.69 Å². The van der Waals surface area contributed by atoms with Crippen LogP contribution < -0.4 is 0 Å². The van der Waals surface area contributed by atoms with Gasteiger partial charge in [0, 0.05) is 12.6 Å². The summed E-state index contributed by atoms with van der Waals surface area (Å²) in [6.07, 6.45) is 2.11. The molecular formula is C19H23FN2O3S. The Kier molecular flexibility index (Phi) is 5.27. The van der Waals surface area contributed by atoms with E-state index in [9.17, 15) is 14.0 Å². The summed E-state index contributed by atoms with van der Waals surface area (Å²) in [5.74, 6) is -0.390. The Morgan fingerprint density at radius 3 is 2.85 bits per heavy atom. The molecule has 3 rings (SSSR count). The summed E-state index contributed by atoms with van der Waals surface area (Å²) in [4.78, 5) is 31.2. The Bertz CT molecular complexity index is 828. The second-order valence-corrected chi connectivity index (χ2v) is 8.66. The normalized spacial score (nSPS) is 18.2. The number of carbonyl (C=O) groups is 2. The lowest BCUT2D eigenvalue weighted by atomic mass is 9.97. The molecule has 2 aromatic rings. The third-order valence-corrected chi connectivity index (χ3v) is 5.26. The van der Waals surface area contributed by atoms with E-state index in [0.29, 0.717) is 23.5 Å².